The van der Waals surface area contributed by atoms with E-state index in [0.717, 1.165) is 11.3 Å². The summed E-state index contributed by atoms with van der Waals surface area (Å²) >= 11 is 0. The van der Waals surface area contributed by atoms with Crippen molar-refractivity contribution < 1.29 is 13.7 Å². The van der Waals surface area contributed by atoms with Gasteiger partial charge in [-0.25, -0.2) is 13.9 Å². The van der Waals surface area contributed by atoms with Gasteiger partial charge in [0.05, 0.1) is 17.7 Å². The summed E-state index contributed by atoms with van der Waals surface area (Å²) in [5.74, 6) is 0.945. The van der Waals surface area contributed by atoms with Crippen LogP contribution in [-0.4, -0.2) is 31.5 Å². The largest absolute Gasteiger partial charge is 0.361 e. The smallest absolute Gasteiger partial charge is 0.346 e. The third kappa shape index (κ3) is 3.45. The van der Waals surface area contributed by atoms with Crippen molar-refractivity contribution in [3.63, 3.8) is 0 Å². The maximum absolute atomic E-state index is 14.3. The molecular weight excluding hydrogens is 413 g/mol. The number of nitrogens with zero attached hydrogens (tertiary/aromatic N) is 4. The van der Waals surface area contributed by atoms with Gasteiger partial charge < -0.3 is 9.84 Å². The Morgan fingerprint density at radius 1 is 1.28 bits per heavy atom. The molecule has 32 heavy (non-hydrogen) atoms. The molecule has 1 unspecified atom stereocenters. The summed E-state index contributed by atoms with van der Waals surface area (Å²) in [6.45, 7) is 4.47. The van der Waals surface area contributed by atoms with Crippen LogP contribution in [0.4, 0.5) is 4.39 Å². The minimum atomic E-state index is -0.758. The first-order valence-electron chi connectivity index (χ1n) is 11.0. The van der Waals surface area contributed by atoms with Crippen molar-refractivity contribution in [3.8, 4) is 0 Å². The lowest BCUT2D eigenvalue weighted by molar-refractivity contribution is -0.124. The zero-order valence-electron chi connectivity index (χ0n) is 18.2. The number of fused-ring (bicyclic) bond motifs is 1. The molecule has 0 radical (unpaired) electrons. The average molecular weight is 439 g/mol. The van der Waals surface area contributed by atoms with Gasteiger partial charge in [0.15, 0.2) is 0 Å². The van der Waals surface area contributed by atoms with Crippen molar-refractivity contribution in [2.24, 2.45) is 0 Å². The Hall–Kier alpha value is -3.23. The normalized spacial score (nSPS) is 19.3. The molecule has 1 aliphatic carbocycles. The third-order valence-corrected chi connectivity index (χ3v) is 6.82. The van der Waals surface area contributed by atoms with E-state index in [-0.39, 0.29) is 23.5 Å². The van der Waals surface area contributed by atoms with Crippen LogP contribution in [0.5, 0.6) is 0 Å². The highest BCUT2D eigenvalue weighted by molar-refractivity contribution is 5.91. The second-order valence-corrected chi connectivity index (χ2v) is 8.87. The number of hydrogen-bond donors (Lipinski definition) is 1. The standard InChI is InChI=1S/C23H26FN5O3/c1-14-17(15(2)32-27-14)13-29-22(31)28-12-9-16(7-8-20(28)26-29)25-21(30)23(10-11-23)18-5-3-4-6-19(18)24/h3-6,16H,7-13H2,1-2H3,(H,25,30). The molecule has 1 N–H and O–H groups in total. The Morgan fingerprint density at radius 3 is 2.75 bits per heavy atom. The number of benzene rings is 1. The minimum absolute atomic E-state index is 0.0798. The summed E-state index contributed by atoms with van der Waals surface area (Å²) < 4.78 is 22.6. The van der Waals surface area contributed by atoms with Crippen molar-refractivity contribution >= 4 is 5.91 Å². The van der Waals surface area contributed by atoms with Gasteiger partial charge in [-0.2, -0.15) is 5.10 Å². The van der Waals surface area contributed by atoms with Crippen molar-refractivity contribution in [2.75, 3.05) is 0 Å². The first-order chi connectivity index (χ1) is 15.4. The monoisotopic (exact) mass is 439 g/mol. The molecule has 3 heterocycles. The maximum Gasteiger partial charge on any atom is 0.346 e. The van der Waals surface area contributed by atoms with Crippen molar-refractivity contribution in [1.82, 2.24) is 24.8 Å². The van der Waals surface area contributed by atoms with E-state index in [9.17, 15) is 14.0 Å². The summed E-state index contributed by atoms with van der Waals surface area (Å²) in [5, 5.41) is 11.6. The molecular formula is C23H26FN5O3. The molecule has 1 fully saturated rings. The van der Waals surface area contributed by atoms with E-state index in [2.05, 4.69) is 15.6 Å². The van der Waals surface area contributed by atoms with Crippen LogP contribution in [0.2, 0.25) is 0 Å². The van der Waals surface area contributed by atoms with Crippen LogP contribution in [0.3, 0.4) is 0 Å². The molecule has 0 bridgehead atoms. The average Bonchev–Trinajstić information content (AvgIpc) is 3.49. The van der Waals surface area contributed by atoms with Gasteiger partial charge in [0.25, 0.3) is 0 Å². The van der Waals surface area contributed by atoms with Crippen molar-refractivity contribution in [2.45, 2.75) is 70.5 Å². The Morgan fingerprint density at radius 2 is 2.06 bits per heavy atom. The van der Waals surface area contributed by atoms with Crippen LogP contribution < -0.4 is 11.0 Å². The highest BCUT2D eigenvalue weighted by atomic mass is 19.1. The van der Waals surface area contributed by atoms with Gasteiger partial charge in [-0.15, -0.1) is 0 Å². The summed E-state index contributed by atoms with van der Waals surface area (Å²) in [7, 11) is 0. The lowest BCUT2D eigenvalue weighted by Gasteiger charge is -2.22. The lowest BCUT2D eigenvalue weighted by Crippen LogP contribution is -2.42. The molecule has 1 saturated carbocycles. The molecule has 2 aliphatic rings. The van der Waals surface area contributed by atoms with E-state index in [1.54, 1.807) is 22.8 Å². The van der Waals surface area contributed by atoms with Gasteiger partial charge in [-0.05, 0) is 45.6 Å². The number of aryl methyl sites for hydroxylation is 3. The van der Waals surface area contributed by atoms with Gasteiger partial charge in [0.2, 0.25) is 5.91 Å². The van der Waals surface area contributed by atoms with Crippen LogP contribution >= 0.6 is 0 Å². The highest BCUT2D eigenvalue weighted by Gasteiger charge is 2.53. The molecule has 0 spiro atoms. The molecule has 1 amide bonds. The number of aromatic nitrogens is 4. The zero-order chi connectivity index (χ0) is 22.5. The molecule has 168 valence electrons. The first-order valence-corrected chi connectivity index (χ1v) is 11.0. The second-order valence-electron chi connectivity index (χ2n) is 8.87. The van der Waals surface area contributed by atoms with Crippen LogP contribution in [0.15, 0.2) is 33.6 Å². The minimum Gasteiger partial charge on any atom is -0.361 e. The van der Waals surface area contributed by atoms with Crippen LogP contribution in [0.25, 0.3) is 0 Å². The number of carbonyl (C=O) groups is 1. The van der Waals surface area contributed by atoms with Gasteiger partial charge >= 0.3 is 5.69 Å². The number of nitrogens with one attached hydrogen (secondary N) is 1. The SMILES string of the molecule is Cc1noc(C)c1Cn1nc2n(c1=O)CCC(NC(=O)C1(c3ccccc3F)CC1)CC2. The van der Waals surface area contributed by atoms with Crippen molar-refractivity contribution in [3.05, 3.63) is 69.0 Å². The van der Waals surface area contributed by atoms with Gasteiger partial charge in [0, 0.05) is 30.1 Å². The zero-order valence-corrected chi connectivity index (χ0v) is 18.2. The van der Waals surface area contributed by atoms with E-state index in [1.165, 1.54) is 10.7 Å². The second kappa shape index (κ2) is 7.72. The fraction of sp³-hybridized carbons (Fsp3) is 0.478. The van der Waals surface area contributed by atoms with Crippen LogP contribution in [-0.2, 0) is 29.7 Å². The van der Waals surface area contributed by atoms with Crippen molar-refractivity contribution in [1.29, 1.82) is 0 Å². The predicted molar refractivity (Wildman–Crippen MR) is 114 cm³/mol. The van der Waals surface area contributed by atoms with Crippen LogP contribution in [0.1, 0.15) is 54.1 Å². The quantitative estimate of drug-likeness (QED) is 0.659. The molecule has 1 atom stereocenters. The molecule has 1 aliphatic heterocycles. The van der Waals surface area contributed by atoms with Gasteiger partial charge in [-0.1, -0.05) is 23.4 Å². The van der Waals surface area contributed by atoms with E-state index in [1.807, 2.05) is 13.8 Å². The Kier molecular flexibility index (Phi) is 4.98. The molecule has 8 nitrogen and oxygen atoms in total. The van der Waals surface area contributed by atoms with E-state index in [0.29, 0.717) is 62.3 Å². The summed E-state index contributed by atoms with van der Waals surface area (Å²) in [5.41, 5.74) is 1.17. The Bertz CT molecular complexity index is 1220. The number of hydrogen-bond acceptors (Lipinski definition) is 5. The topological polar surface area (TPSA) is 94.9 Å². The third-order valence-electron chi connectivity index (χ3n) is 6.82. The van der Waals surface area contributed by atoms with Gasteiger partial charge in [-0.3, -0.25) is 9.36 Å². The molecule has 1 aromatic carbocycles. The number of carbonyl (C=O) groups excluding carboxylic acids is 1. The Labute approximate surface area is 184 Å². The highest BCUT2D eigenvalue weighted by Crippen LogP contribution is 2.49. The van der Waals surface area contributed by atoms with E-state index >= 15 is 0 Å². The molecule has 3 aromatic rings. The fourth-order valence-electron chi connectivity index (χ4n) is 4.67. The lowest BCUT2D eigenvalue weighted by atomic mass is 9.93. The Balaban J connectivity index is 1.28. The van der Waals surface area contributed by atoms with Gasteiger partial charge in [0.1, 0.15) is 17.4 Å². The number of amides is 1. The molecule has 5 rings (SSSR count). The fourth-order valence-corrected chi connectivity index (χ4v) is 4.67. The van der Waals surface area contributed by atoms with E-state index < -0.39 is 5.41 Å². The van der Waals surface area contributed by atoms with E-state index in [4.69, 9.17) is 4.52 Å². The summed E-state index contributed by atoms with van der Waals surface area (Å²) in [4.78, 5) is 26.0. The van der Waals surface area contributed by atoms with Crippen LogP contribution in [0, 0.1) is 19.7 Å². The molecule has 9 heteroatoms. The number of halogens is 1. The molecule has 2 aromatic heterocycles. The first kappa shape index (κ1) is 20.7. The predicted octanol–water partition coefficient (Wildman–Crippen LogP) is 2.39. The summed E-state index contributed by atoms with van der Waals surface area (Å²) in [6, 6.07) is 6.43. The summed E-state index contributed by atoms with van der Waals surface area (Å²) in [6.07, 6.45) is 3.20. The maximum atomic E-state index is 14.3. The molecule has 0 saturated heterocycles. The number of rotatable bonds is 5.